The molecule has 1 aromatic rings. The molecule has 0 spiro atoms. The van der Waals surface area contributed by atoms with Crippen molar-refractivity contribution in [1.82, 2.24) is 4.98 Å². The van der Waals surface area contributed by atoms with E-state index in [1.807, 2.05) is 0 Å². The molecular formula is C9H11F2N3O2. The summed E-state index contributed by atoms with van der Waals surface area (Å²) >= 11 is 0. The highest BCUT2D eigenvalue weighted by atomic mass is 19.3. The van der Waals surface area contributed by atoms with Crippen LogP contribution in [0.2, 0.25) is 0 Å². The Morgan fingerprint density at radius 2 is 2.25 bits per heavy atom. The minimum absolute atomic E-state index is 0.00759. The third kappa shape index (κ3) is 2.25. The van der Waals surface area contributed by atoms with E-state index in [0.29, 0.717) is 0 Å². The fourth-order valence-electron chi connectivity index (χ4n) is 1.22. The Labute approximate surface area is 90.4 Å². The number of carbonyl (C=O) groups excluding carboxylic acids is 1. The van der Waals surface area contributed by atoms with Crippen molar-refractivity contribution in [3.63, 3.8) is 0 Å². The number of alkyl halides is 2. The minimum Gasteiger partial charge on any atom is -0.464 e. The van der Waals surface area contributed by atoms with E-state index in [4.69, 9.17) is 11.5 Å². The van der Waals surface area contributed by atoms with Crippen LogP contribution in [0.25, 0.3) is 0 Å². The number of halogens is 2. The molecule has 0 aliphatic rings. The number of hydrogen-bond acceptors (Lipinski definition) is 5. The molecule has 0 aliphatic carbocycles. The van der Waals surface area contributed by atoms with E-state index in [-0.39, 0.29) is 23.5 Å². The average molecular weight is 231 g/mol. The Morgan fingerprint density at radius 1 is 1.62 bits per heavy atom. The smallest absolute Gasteiger partial charge is 0.356 e. The van der Waals surface area contributed by atoms with E-state index in [9.17, 15) is 13.6 Å². The second-order valence-electron chi connectivity index (χ2n) is 2.96. The van der Waals surface area contributed by atoms with Crippen LogP contribution in [0.3, 0.4) is 0 Å². The summed E-state index contributed by atoms with van der Waals surface area (Å²) in [6.07, 6.45) is -2.84. The first kappa shape index (κ1) is 12.3. The van der Waals surface area contributed by atoms with Gasteiger partial charge < -0.3 is 16.2 Å². The summed E-state index contributed by atoms with van der Waals surface area (Å²) in [6, 6.07) is 1.17. The van der Waals surface area contributed by atoms with Gasteiger partial charge >= 0.3 is 5.97 Å². The van der Waals surface area contributed by atoms with Crippen molar-refractivity contribution in [3.05, 3.63) is 23.0 Å². The molecule has 1 rings (SSSR count). The number of methoxy groups -OCH3 is 1. The number of nitrogen functional groups attached to an aromatic ring is 1. The summed E-state index contributed by atoms with van der Waals surface area (Å²) < 4.78 is 29.6. The van der Waals surface area contributed by atoms with E-state index in [2.05, 4.69) is 9.72 Å². The largest absolute Gasteiger partial charge is 0.464 e. The van der Waals surface area contributed by atoms with Crippen molar-refractivity contribution in [3.8, 4) is 0 Å². The molecule has 0 saturated heterocycles. The number of hydrogen-bond donors (Lipinski definition) is 2. The fraction of sp³-hybridized carbons (Fsp3) is 0.333. The first-order valence-corrected chi connectivity index (χ1v) is 4.37. The van der Waals surface area contributed by atoms with Gasteiger partial charge in [0.05, 0.1) is 7.11 Å². The first-order chi connectivity index (χ1) is 7.51. The highest BCUT2D eigenvalue weighted by Gasteiger charge is 2.20. The van der Waals surface area contributed by atoms with Crippen molar-refractivity contribution < 1.29 is 18.3 Å². The van der Waals surface area contributed by atoms with E-state index in [1.54, 1.807) is 0 Å². The molecule has 1 heterocycles. The molecule has 0 fully saturated rings. The van der Waals surface area contributed by atoms with Gasteiger partial charge in [0.2, 0.25) is 0 Å². The SMILES string of the molecule is COC(=O)c1cc(N)c(CN)c(C(F)F)n1. The first-order valence-electron chi connectivity index (χ1n) is 4.37. The number of nitrogens with two attached hydrogens (primary N) is 2. The predicted molar refractivity (Wildman–Crippen MR) is 52.8 cm³/mol. The Morgan fingerprint density at radius 3 is 2.69 bits per heavy atom. The van der Waals surface area contributed by atoms with Gasteiger partial charge in [0.15, 0.2) is 5.69 Å². The van der Waals surface area contributed by atoms with Crippen molar-refractivity contribution in [2.75, 3.05) is 12.8 Å². The van der Waals surface area contributed by atoms with Gasteiger partial charge in [-0.3, -0.25) is 0 Å². The highest BCUT2D eigenvalue weighted by molar-refractivity contribution is 5.88. The van der Waals surface area contributed by atoms with Gasteiger partial charge in [-0.1, -0.05) is 0 Å². The molecule has 0 atom stereocenters. The number of aromatic nitrogens is 1. The maximum absolute atomic E-state index is 12.6. The molecule has 7 heteroatoms. The van der Waals surface area contributed by atoms with Crippen LogP contribution in [-0.2, 0) is 11.3 Å². The zero-order chi connectivity index (χ0) is 12.3. The van der Waals surface area contributed by atoms with Gasteiger partial charge in [0.25, 0.3) is 6.43 Å². The van der Waals surface area contributed by atoms with Crippen LogP contribution in [0.4, 0.5) is 14.5 Å². The number of pyridine rings is 1. The number of nitrogens with zero attached hydrogens (tertiary/aromatic N) is 1. The Kier molecular flexibility index (Phi) is 3.73. The van der Waals surface area contributed by atoms with Crippen molar-refractivity contribution in [1.29, 1.82) is 0 Å². The average Bonchev–Trinajstić information content (AvgIpc) is 2.26. The van der Waals surface area contributed by atoms with Crippen LogP contribution in [0.15, 0.2) is 6.07 Å². The van der Waals surface area contributed by atoms with Crippen LogP contribution < -0.4 is 11.5 Å². The lowest BCUT2D eigenvalue weighted by molar-refractivity contribution is 0.0592. The fourth-order valence-corrected chi connectivity index (χ4v) is 1.22. The van der Waals surface area contributed by atoms with E-state index in [1.165, 1.54) is 6.07 Å². The van der Waals surface area contributed by atoms with Gasteiger partial charge in [-0.2, -0.15) is 0 Å². The lowest BCUT2D eigenvalue weighted by atomic mass is 10.1. The van der Waals surface area contributed by atoms with Crippen LogP contribution in [-0.4, -0.2) is 18.1 Å². The lowest BCUT2D eigenvalue weighted by Crippen LogP contribution is -2.13. The molecule has 0 aliphatic heterocycles. The Hall–Kier alpha value is -1.76. The monoisotopic (exact) mass is 231 g/mol. The second-order valence-corrected chi connectivity index (χ2v) is 2.96. The van der Waals surface area contributed by atoms with Gasteiger partial charge in [0, 0.05) is 17.8 Å². The second kappa shape index (κ2) is 4.84. The molecule has 16 heavy (non-hydrogen) atoms. The van der Waals surface area contributed by atoms with Crippen LogP contribution in [0.5, 0.6) is 0 Å². The zero-order valence-corrected chi connectivity index (χ0v) is 8.54. The summed E-state index contributed by atoms with van der Waals surface area (Å²) in [5.41, 5.74) is 9.99. The van der Waals surface area contributed by atoms with Gasteiger partial charge in [-0.25, -0.2) is 18.6 Å². The van der Waals surface area contributed by atoms with Gasteiger partial charge in [0.1, 0.15) is 5.69 Å². The summed E-state index contributed by atoms with van der Waals surface area (Å²) in [5, 5.41) is 0. The summed E-state index contributed by atoms with van der Waals surface area (Å²) in [7, 11) is 1.12. The highest BCUT2D eigenvalue weighted by Crippen LogP contribution is 2.25. The molecule has 1 aromatic heterocycles. The molecular weight excluding hydrogens is 220 g/mol. The van der Waals surface area contributed by atoms with Crippen LogP contribution in [0, 0.1) is 0 Å². The molecule has 0 unspecified atom stereocenters. The molecule has 0 aromatic carbocycles. The number of carbonyl (C=O) groups is 1. The van der Waals surface area contributed by atoms with Crippen molar-refractivity contribution in [2.24, 2.45) is 5.73 Å². The van der Waals surface area contributed by atoms with Gasteiger partial charge in [-0.05, 0) is 6.07 Å². The van der Waals surface area contributed by atoms with Crippen LogP contribution in [0.1, 0.15) is 28.2 Å². The maximum Gasteiger partial charge on any atom is 0.356 e. The quantitative estimate of drug-likeness (QED) is 0.752. The number of anilines is 1. The summed E-state index contributed by atoms with van der Waals surface area (Å²) in [6.45, 7) is -0.167. The third-order valence-electron chi connectivity index (χ3n) is 2.00. The van der Waals surface area contributed by atoms with E-state index >= 15 is 0 Å². The maximum atomic E-state index is 12.6. The van der Waals surface area contributed by atoms with E-state index < -0.39 is 18.1 Å². The van der Waals surface area contributed by atoms with Crippen molar-refractivity contribution in [2.45, 2.75) is 13.0 Å². The molecule has 0 radical (unpaired) electrons. The third-order valence-corrected chi connectivity index (χ3v) is 2.00. The standard InChI is InChI=1S/C9H11F2N3O2/c1-16-9(15)6-2-5(13)4(3-12)7(14-6)8(10)11/h2,8H,3,12H2,1H3,(H2,13,14). The number of ether oxygens (including phenoxy) is 1. The topological polar surface area (TPSA) is 91.2 Å². The Balaban J connectivity index is 3.33. The summed E-state index contributed by atoms with van der Waals surface area (Å²) in [5.74, 6) is -0.822. The summed E-state index contributed by atoms with van der Waals surface area (Å²) in [4.78, 5) is 14.6. The predicted octanol–water partition coefficient (Wildman–Crippen LogP) is 0.847. The number of rotatable bonds is 3. The molecule has 0 amide bonds. The van der Waals surface area contributed by atoms with E-state index in [0.717, 1.165) is 7.11 Å². The van der Waals surface area contributed by atoms with Crippen molar-refractivity contribution >= 4 is 11.7 Å². The zero-order valence-electron chi connectivity index (χ0n) is 8.54. The molecule has 88 valence electrons. The lowest BCUT2D eigenvalue weighted by Gasteiger charge is -2.10. The molecule has 4 N–H and O–H groups in total. The molecule has 0 bridgehead atoms. The van der Waals surface area contributed by atoms with Gasteiger partial charge in [-0.15, -0.1) is 0 Å². The molecule has 0 saturated carbocycles. The molecule has 5 nitrogen and oxygen atoms in total. The van der Waals surface area contributed by atoms with Crippen LogP contribution >= 0.6 is 0 Å². The normalized spacial score (nSPS) is 10.6. The minimum atomic E-state index is -2.84. The number of esters is 1. The Bertz CT molecular complexity index is 410.